The molecule has 0 bridgehead atoms. The molecule has 3 rings (SSSR count). The highest BCUT2D eigenvalue weighted by Crippen LogP contribution is 2.16. The molecule has 7 heteroatoms. The Morgan fingerprint density at radius 2 is 1.96 bits per heavy atom. The summed E-state index contributed by atoms with van der Waals surface area (Å²) in [6.45, 7) is 2.27. The van der Waals surface area contributed by atoms with Crippen molar-refractivity contribution in [1.29, 1.82) is 0 Å². The molecule has 1 aliphatic heterocycles. The SMILES string of the molecule is CNC(=O)[C@@H]1CN(C(=O)c2ccn(C)n2)CCN1Cc1ccccc1. The van der Waals surface area contributed by atoms with E-state index in [0.717, 1.165) is 5.56 Å². The van der Waals surface area contributed by atoms with Crippen molar-refractivity contribution in [2.45, 2.75) is 12.6 Å². The molecule has 0 saturated carbocycles. The number of carbonyl (C=O) groups is 2. The molecule has 1 aliphatic rings. The molecule has 1 atom stereocenters. The first-order valence-electron chi connectivity index (χ1n) is 8.37. The van der Waals surface area contributed by atoms with E-state index in [1.165, 1.54) is 0 Å². The van der Waals surface area contributed by atoms with Crippen LogP contribution in [0.4, 0.5) is 0 Å². The van der Waals surface area contributed by atoms with Crippen LogP contribution in [0.2, 0.25) is 0 Å². The smallest absolute Gasteiger partial charge is 0.274 e. The summed E-state index contributed by atoms with van der Waals surface area (Å²) in [6.07, 6.45) is 1.75. The monoisotopic (exact) mass is 341 g/mol. The molecule has 0 radical (unpaired) electrons. The van der Waals surface area contributed by atoms with Crippen molar-refractivity contribution < 1.29 is 9.59 Å². The van der Waals surface area contributed by atoms with Crippen molar-refractivity contribution in [3.05, 3.63) is 53.9 Å². The lowest BCUT2D eigenvalue weighted by Crippen LogP contribution is -2.59. The maximum absolute atomic E-state index is 12.6. The number of aryl methyl sites for hydroxylation is 1. The molecule has 1 fully saturated rings. The highest BCUT2D eigenvalue weighted by atomic mass is 16.2. The molecule has 2 aromatic rings. The van der Waals surface area contributed by atoms with Gasteiger partial charge in [-0.3, -0.25) is 19.2 Å². The van der Waals surface area contributed by atoms with E-state index in [0.29, 0.717) is 31.9 Å². The van der Waals surface area contributed by atoms with Crippen molar-refractivity contribution >= 4 is 11.8 Å². The Labute approximate surface area is 147 Å². The summed E-state index contributed by atoms with van der Waals surface area (Å²) in [7, 11) is 3.41. The number of carbonyl (C=O) groups excluding carboxylic acids is 2. The topological polar surface area (TPSA) is 70.5 Å². The average Bonchev–Trinajstić information content (AvgIpc) is 3.08. The quantitative estimate of drug-likeness (QED) is 0.879. The molecule has 25 heavy (non-hydrogen) atoms. The molecule has 1 aromatic carbocycles. The number of rotatable bonds is 4. The van der Waals surface area contributed by atoms with Crippen LogP contribution in [-0.4, -0.2) is 64.1 Å². The van der Waals surface area contributed by atoms with Crippen LogP contribution >= 0.6 is 0 Å². The third-order valence-corrected chi connectivity index (χ3v) is 4.49. The van der Waals surface area contributed by atoms with Gasteiger partial charge in [-0.05, 0) is 11.6 Å². The Kier molecular flexibility index (Phi) is 5.14. The highest BCUT2D eigenvalue weighted by molar-refractivity contribution is 5.93. The average molecular weight is 341 g/mol. The van der Waals surface area contributed by atoms with Crippen LogP contribution in [0.15, 0.2) is 42.6 Å². The van der Waals surface area contributed by atoms with E-state index in [1.807, 2.05) is 30.3 Å². The number of nitrogens with one attached hydrogen (secondary N) is 1. The molecular formula is C18H23N5O2. The van der Waals surface area contributed by atoms with Crippen LogP contribution in [0.5, 0.6) is 0 Å². The fourth-order valence-electron chi connectivity index (χ4n) is 3.12. The number of amides is 2. The highest BCUT2D eigenvalue weighted by Gasteiger charge is 2.34. The molecule has 0 spiro atoms. The van der Waals surface area contributed by atoms with Crippen LogP contribution in [-0.2, 0) is 18.4 Å². The van der Waals surface area contributed by atoms with Crippen molar-refractivity contribution in [1.82, 2.24) is 24.9 Å². The van der Waals surface area contributed by atoms with Gasteiger partial charge >= 0.3 is 0 Å². The first-order valence-corrected chi connectivity index (χ1v) is 8.37. The Morgan fingerprint density at radius 1 is 1.20 bits per heavy atom. The van der Waals surface area contributed by atoms with E-state index >= 15 is 0 Å². The minimum absolute atomic E-state index is 0.0746. The number of piperazine rings is 1. The molecule has 1 aromatic heterocycles. The number of likely N-dealkylation sites (N-methyl/N-ethyl adjacent to an activating group) is 1. The number of nitrogens with zero attached hydrogens (tertiary/aromatic N) is 4. The minimum atomic E-state index is -0.369. The van der Waals surface area contributed by atoms with Crippen molar-refractivity contribution in [2.75, 3.05) is 26.7 Å². The van der Waals surface area contributed by atoms with E-state index in [9.17, 15) is 9.59 Å². The zero-order chi connectivity index (χ0) is 17.8. The van der Waals surface area contributed by atoms with Gasteiger partial charge in [0.2, 0.25) is 5.91 Å². The summed E-state index contributed by atoms with van der Waals surface area (Å²) < 4.78 is 1.61. The Balaban J connectivity index is 1.74. The zero-order valence-corrected chi connectivity index (χ0v) is 14.6. The fraction of sp³-hybridized carbons (Fsp3) is 0.389. The number of hydrogen-bond acceptors (Lipinski definition) is 4. The summed E-state index contributed by atoms with van der Waals surface area (Å²) in [5.41, 5.74) is 1.57. The lowest BCUT2D eigenvalue weighted by atomic mass is 10.1. The van der Waals surface area contributed by atoms with Crippen molar-refractivity contribution in [3.8, 4) is 0 Å². The van der Waals surface area contributed by atoms with Gasteiger partial charge in [0.1, 0.15) is 11.7 Å². The van der Waals surface area contributed by atoms with Crippen molar-refractivity contribution in [2.24, 2.45) is 7.05 Å². The third-order valence-electron chi connectivity index (χ3n) is 4.49. The van der Waals surface area contributed by atoms with Crippen LogP contribution < -0.4 is 5.32 Å². The largest absolute Gasteiger partial charge is 0.358 e. The van der Waals surface area contributed by atoms with E-state index in [4.69, 9.17) is 0 Å². The zero-order valence-electron chi connectivity index (χ0n) is 14.6. The molecule has 0 unspecified atom stereocenters. The van der Waals surface area contributed by atoms with E-state index in [-0.39, 0.29) is 17.9 Å². The molecule has 1 saturated heterocycles. The molecule has 2 amide bonds. The van der Waals surface area contributed by atoms with Gasteiger partial charge < -0.3 is 10.2 Å². The van der Waals surface area contributed by atoms with Gasteiger partial charge in [0, 0.05) is 46.5 Å². The lowest BCUT2D eigenvalue weighted by molar-refractivity contribution is -0.128. The maximum atomic E-state index is 12.6. The van der Waals surface area contributed by atoms with Gasteiger partial charge in [-0.2, -0.15) is 5.10 Å². The molecule has 2 heterocycles. The number of aromatic nitrogens is 2. The third kappa shape index (κ3) is 3.88. The van der Waals surface area contributed by atoms with Gasteiger partial charge in [-0.25, -0.2) is 0 Å². The number of hydrogen-bond donors (Lipinski definition) is 1. The van der Waals surface area contributed by atoms with Crippen LogP contribution in [0.3, 0.4) is 0 Å². The summed E-state index contributed by atoms with van der Waals surface area (Å²) in [5, 5.41) is 6.89. The predicted octanol–water partition coefficient (Wildman–Crippen LogP) is 0.493. The maximum Gasteiger partial charge on any atom is 0.274 e. The Morgan fingerprint density at radius 3 is 2.60 bits per heavy atom. The molecule has 7 nitrogen and oxygen atoms in total. The van der Waals surface area contributed by atoms with Crippen LogP contribution in [0.25, 0.3) is 0 Å². The summed E-state index contributed by atoms with van der Waals surface area (Å²) in [6, 6.07) is 11.4. The van der Waals surface area contributed by atoms with E-state index in [1.54, 1.807) is 35.9 Å². The Bertz CT molecular complexity index is 743. The number of benzene rings is 1. The molecule has 132 valence electrons. The second-order valence-corrected chi connectivity index (χ2v) is 6.21. The van der Waals surface area contributed by atoms with Gasteiger partial charge in [-0.15, -0.1) is 0 Å². The van der Waals surface area contributed by atoms with Crippen LogP contribution in [0.1, 0.15) is 16.1 Å². The van der Waals surface area contributed by atoms with Gasteiger partial charge in [0.05, 0.1) is 0 Å². The lowest BCUT2D eigenvalue weighted by Gasteiger charge is -2.40. The van der Waals surface area contributed by atoms with Gasteiger partial charge in [0.15, 0.2) is 0 Å². The standard InChI is InChI=1S/C18H23N5O2/c1-19-17(24)16-13-23(18(25)15-8-9-21(2)20-15)11-10-22(16)12-14-6-4-3-5-7-14/h3-9,16H,10-13H2,1-2H3,(H,19,24)/t16-/m0/s1. The molecule has 0 aliphatic carbocycles. The Hall–Kier alpha value is -2.67. The summed E-state index contributed by atoms with van der Waals surface area (Å²) >= 11 is 0. The predicted molar refractivity (Wildman–Crippen MR) is 93.8 cm³/mol. The second kappa shape index (κ2) is 7.48. The molecule has 1 N–H and O–H groups in total. The fourth-order valence-corrected chi connectivity index (χ4v) is 3.12. The summed E-state index contributed by atoms with van der Waals surface area (Å²) in [5.74, 6) is -0.205. The molecular weight excluding hydrogens is 318 g/mol. The first kappa shape index (κ1) is 17.2. The summed E-state index contributed by atoms with van der Waals surface area (Å²) in [4.78, 5) is 28.8. The normalized spacial score (nSPS) is 18.2. The minimum Gasteiger partial charge on any atom is -0.358 e. The van der Waals surface area contributed by atoms with E-state index in [2.05, 4.69) is 15.3 Å². The van der Waals surface area contributed by atoms with Crippen molar-refractivity contribution in [3.63, 3.8) is 0 Å². The first-order chi connectivity index (χ1) is 12.1. The van der Waals surface area contributed by atoms with Crippen LogP contribution in [0, 0.1) is 0 Å². The van der Waals surface area contributed by atoms with Gasteiger partial charge in [-0.1, -0.05) is 30.3 Å². The van der Waals surface area contributed by atoms with E-state index < -0.39 is 0 Å². The second-order valence-electron chi connectivity index (χ2n) is 6.21. The van der Waals surface area contributed by atoms with Gasteiger partial charge in [0.25, 0.3) is 5.91 Å².